The first-order chi connectivity index (χ1) is 15.8. The monoisotopic (exact) mass is 507 g/mol. The molecule has 1 amide bonds. The largest absolute Gasteiger partial charge is 0.466 e. The average molecular weight is 508 g/mol. The van der Waals surface area contributed by atoms with Gasteiger partial charge in [0.2, 0.25) is 5.91 Å². The molecule has 2 aromatic carbocycles. The number of benzene rings is 2. The quantitative estimate of drug-likeness (QED) is 0.599. The van der Waals surface area contributed by atoms with Crippen LogP contribution in [0.3, 0.4) is 0 Å². The maximum atomic E-state index is 13.8. The number of nitrogens with one attached hydrogen (secondary N) is 1. The fourth-order valence-corrected chi connectivity index (χ4v) is 5.47. The van der Waals surface area contributed by atoms with Gasteiger partial charge < -0.3 is 15.8 Å². The number of nitrogens with two attached hydrogens (primary N) is 1. The van der Waals surface area contributed by atoms with E-state index in [-0.39, 0.29) is 23.6 Å². The second kappa shape index (κ2) is 7.59. The Morgan fingerprint density at radius 2 is 1.88 bits per heavy atom. The van der Waals surface area contributed by atoms with E-state index in [0.29, 0.717) is 41.1 Å². The third kappa shape index (κ3) is 2.90. The second-order valence-corrected chi connectivity index (χ2v) is 9.33. The van der Waals surface area contributed by atoms with Gasteiger partial charge in [-0.05, 0) is 50.1 Å². The predicted molar refractivity (Wildman–Crippen MR) is 127 cm³/mol. The van der Waals surface area contributed by atoms with Crippen LogP contribution in [-0.4, -0.2) is 24.8 Å². The molecule has 168 valence electrons. The molecule has 1 spiro atoms. The van der Waals surface area contributed by atoms with Crippen molar-refractivity contribution in [3.8, 4) is 0 Å². The van der Waals surface area contributed by atoms with Crippen molar-refractivity contribution in [1.82, 2.24) is 0 Å². The first kappa shape index (κ1) is 21.5. The van der Waals surface area contributed by atoms with E-state index in [2.05, 4.69) is 21.2 Å². The lowest BCUT2D eigenvalue weighted by Crippen LogP contribution is -2.53. The van der Waals surface area contributed by atoms with Gasteiger partial charge in [-0.25, -0.2) is 4.79 Å². The summed E-state index contributed by atoms with van der Waals surface area (Å²) in [6.45, 7) is 1.90. The van der Waals surface area contributed by atoms with Gasteiger partial charge in [-0.1, -0.05) is 33.6 Å². The van der Waals surface area contributed by atoms with Crippen LogP contribution in [0.1, 0.15) is 30.4 Å². The van der Waals surface area contributed by atoms with Crippen LogP contribution in [0.15, 0.2) is 69.6 Å². The Labute approximate surface area is 199 Å². The SMILES string of the molecule is COC(=O)C1=C(N)N(c2ccc(Br)cc2)C2=C(C(=O)CCC2)C12C(=O)Nc1ccc(C)cc12. The van der Waals surface area contributed by atoms with E-state index in [4.69, 9.17) is 10.5 Å². The van der Waals surface area contributed by atoms with Gasteiger partial charge in [-0.3, -0.25) is 14.5 Å². The van der Waals surface area contributed by atoms with Crippen molar-refractivity contribution in [2.24, 2.45) is 5.73 Å². The van der Waals surface area contributed by atoms with Gasteiger partial charge in [-0.2, -0.15) is 0 Å². The molecule has 1 unspecified atom stereocenters. The Morgan fingerprint density at radius 3 is 2.58 bits per heavy atom. The average Bonchev–Trinajstić information content (AvgIpc) is 3.06. The van der Waals surface area contributed by atoms with Crippen LogP contribution in [0.5, 0.6) is 0 Å². The Bertz CT molecular complexity index is 1300. The molecule has 0 saturated heterocycles. The van der Waals surface area contributed by atoms with Gasteiger partial charge in [0.05, 0.1) is 7.11 Å². The number of halogens is 1. The number of anilines is 2. The summed E-state index contributed by atoms with van der Waals surface area (Å²) in [5, 5.41) is 2.88. The number of allylic oxidation sites excluding steroid dienone is 1. The standard InChI is InChI=1S/C25H22BrN3O4/c1-13-6-11-17-16(12-13)25(24(32)28-17)20-18(4-3-5-19(20)30)29(15-9-7-14(26)8-10-15)22(27)21(25)23(31)33-2/h6-12H,3-5,27H2,1-2H3,(H,28,32). The van der Waals surface area contributed by atoms with E-state index >= 15 is 0 Å². The third-order valence-corrected chi connectivity index (χ3v) is 7.07. The number of fused-ring (bicyclic) bond motifs is 3. The molecule has 1 atom stereocenters. The molecule has 2 aromatic rings. The van der Waals surface area contributed by atoms with Gasteiger partial charge in [0.25, 0.3) is 0 Å². The molecule has 0 fully saturated rings. The van der Waals surface area contributed by atoms with Gasteiger partial charge >= 0.3 is 5.97 Å². The van der Waals surface area contributed by atoms with Gasteiger partial charge in [-0.15, -0.1) is 0 Å². The minimum atomic E-state index is -1.66. The van der Waals surface area contributed by atoms with Gasteiger partial charge in [0, 0.05) is 39.1 Å². The predicted octanol–water partition coefficient (Wildman–Crippen LogP) is 3.82. The molecule has 8 heteroatoms. The smallest absolute Gasteiger partial charge is 0.339 e. The number of nitrogens with zero attached hydrogens (tertiary/aromatic N) is 1. The fraction of sp³-hybridized carbons (Fsp3) is 0.240. The molecule has 7 nitrogen and oxygen atoms in total. The van der Waals surface area contributed by atoms with Crippen LogP contribution in [0, 0.1) is 6.92 Å². The molecule has 0 radical (unpaired) electrons. The summed E-state index contributed by atoms with van der Waals surface area (Å²) in [6, 6.07) is 12.9. The molecule has 0 saturated carbocycles. The molecule has 3 N–H and O–H groups in total. The Morgan fingerprint density at radius 1 is 1.15 bits per heavy atom. The summed E-state index contributed by atoms with van der Waals surface area (Å²) in [4.78, 5) is 42.3. The molecule has 0 bridgehead atoms. The van der Waals surface area contributed by atoms with Crippen molar-refractivity contribution < 1.29 is 19.1 Å². The minimum absolute atomic E-state index is 0.0382. The van der Waals surface area contributed by atoms with E-state index < -0.39 is 17.3 Å². The van der Waals surface area contributed by atoms with Crippen molar-refractivity contribution in [2.75, 3.05) is 17.3 Å². The lowest BCUT2D eigenvalue weighted by Gasteiger charge is -2.44. The van der Waals surface area contributed by atoms with Crippen molar-refractivity contribution in [3.05, 3.63) is 80.7 Å². The van der Waals surface area contributed by atoms with Crippen LogP contribution in [-0.2, 0) is 24.5 Å². The molecule has 0 aromatic heterocycles. The van der Waals surface area contributed by atoms with Gasteiger partial charge in [0.15, 0.2) is 5.78 Å². The van der Waals surface area contributed by atoms with E-state index in [9.17, 15) is 14.4 Å². The molecular formula is C25H22BrN3O4. The number of rotatable bonds is 2. The highest BCUT2D eigenvalue weighted by atomic mass is 79.9. The number of Topliss-reactive ketones (excluding diaryl/α,β-unsaturated/α-hetero) is 1. The number of carbonyl (C=O) groups is 3. The second-order valence-electron chi connectivity index (χ2n) is 8.42. The lowest BCUT2D eigenvalue weighted by atomic mass is 9.63. The summed E-state index contributed by atoms with van der Waals surface area (Å²) in [6.07, 6.45) is 1.46. The molecule has 33 heavy (non-hydrogen) atoms. The number of hydrogen-bond donors (Lipinski definition) is 2. The van der Waals surface area contributed by atoms with E-state index in [0.717, 1.165) is 10.0 Å². The number of methoxy groups -OCH3 is 1. The number of ether oxygens (including phenoxy) is 1. The summed E-state index contributed by atoms with van der Waals surface area (Å²) in [5.74, 6) is -1.30. The number of esters is 1. The van der Waals surface area contributed by atoms with E-state index in [1.54, 1.807) is 11.0 Å². The van der Waals surface area contributed by atoms with Crippen LogP contribution >= 0.6 is 15.9 Å². The Hall–Kier alpha value is -3.39. The molecular weight excluding hydrogens is 486 g/mol. The zero-order valence-corrected chi connectivity index (χ0v) is 19.8. The van der Waals surface area contributed by atoms with E-state index in [1.807, 2.05) is 43.3 Å². The maximum Gasteiger partial charge on any atom is 0.339 e. The van der Waals surface area contributed by atoms with Crippen LogP contribution in [0.4, 0.5) is 11.4 Å². The topological polar surface area (TPSA) is 102 Å². The molecule has 3 aliphatic rings. The highest BCUT2D eigenvalue weighted by molar-refractivity contribution is 9.10. The molecule has 2 aliphatic heterocycles. The zero-order valence-electron chi connectivity index (χ0n) is 18.2. The highest BCUT2D eigenvalue weighted by Crippen LogP contribution is 2.55. The van der Waals surface area contributed by atoms with E-state index in [1.165, 1.54) is 7.11 Å². The maximum absolute atomic E-state index is 13.8. The molecule has 1 aliphatic carbocycles. The zero-order chi connectivity index (χ0) is 23.5. The Kier molecular flexibility index (Phi) is 4.93. The third-order valence-electron chi connectivity index (χ3n) is 6.54. The Balaban J connectivity index is 1.91. The number of amides is 1. The summed E-state index contributed by atoms with van der Waals surface area (Å²) in [7, 11) is 1.25. The van der Waals surface area contributed by atoms with Crippen LogP contribution in [0.25, 0.3) is 0 Å². The number of carbonyl (C=O) groups excluding carboxylic acids is 3. The van der Waals surface area contributed by atoms with Crippen LogP contribution in [0.2, 0.25) is 0 Å². The van der Waals surface area contributed by atoms with Crippen molar-refractivity contribution in [2.45, 2.75) is 31.6 Å². The molecule has 5 rings (SSSR count). The van der Waals surface area contributed by atoms with Crippen molar-refractivity contribution >= 4 is 45.0 Å². The van der Waals surface area contributed by atoms with Crippen molar-refractivity contribution in [1.29, 1.82) is 0 Å². The molecule has 2 heterocycles. The fourth-order valence-electron chi connectivity index (χ4n) is 5.21. The summed E-state index contributed by atoms with van der Waals surface area (Å²) < 4.78 is 6.01. The van der Waals surface area contributed by atoms with Crippen LogP contribution < -0.4 is 16.0 Å². The number of ketones is 1. The summed E-state index contributed by atoms with van der Waals surface area (Å²) >= 11 is 3.44. The van der Waals surface area contributed by atoms with Gasteiger partial charge in [0.1, 0.15) is 16.8 Å². The number of aryl methyl sites for hydroxylation is 1. The first-order valence-electron chi connectivity index (χ1n) is 10.6. The summed E-state index contributed by atoms with van der Waals surface area (Å²) in [5.41, 5.74) is 8.64. The lowest BCUT2D eigenvalue weighted by molar-refractivity contribution is -0.138. The first-order valence-corrected chi connectivity index (χ1v) is 11.4. The van der Waals surface area contributed by atoms with Crippen molar-refractivity contribution in [3.63, 3.8) is 0 Å². The number of hydrogen-bond acceptors (Lipinski definition) is 6. The highest BCUT2D eigenvalue weighted by Gasteiger charge is 2.61. The minimum Gasteiger partial charge on any atom is -0.466 e. The normalized spacial score (nSPS) is 21.8.